The molecule has 1 nitrogen and oxygen atoms in total. The lowest BCUT2D eigenvalue weighted by atomic mass is 9.78. The van der Waals surface area contributed by atoms with Crippen LogP contribution in [0.15, 0.2) is 23.2 Å². The number of aliphatic imine (C=N–C) groups is 1. The zero-order valence-corrected chi connectivity index (χ0v) is 9.43. The van der Waals surface area contributed by atoms with Gasteiger partial charge in [-0.05, 0) is 42.9 Å². The number of fused-ring (bicyclic) bond motifs is 3. The highest BCUT2D eigenvalue weighted by Crippen LogP contribution is 2.37. The summed E-state index contributed by atoms with van der Waals surface area (Å²) in [6.07, 6.45) is 4.66. The summed E-state index contributed by atoms with van der Waals surface area (Å²) in [4.78, 5) is 4.65. The van der Waals surface area contributed by atoms with Gasteiger partial charge in [-0.3, -0.25) is 4.99 Å². The van der Waals surface area contributed by atoms with Gasteiger partial charge in [0.15, 0.2) is 0 Å². The maximum atomic E-state index is 6.23. The second kappa shape index (κ2) is 3.64. The van der Waals surface area contributed by atoms with E-state index in [-0.39, 0.29) is 0 Å². The van der Waals surface area contributed by atoms with E-state index in [2.05, 4.69) is 17.1 Å². The van der Waals surface area contributed by atoms with Crippen molar-refractivity contribution in [1.82, 2.24) is 0 Å². The number of halogens is 1. The van der Waals surface area contributed by atoms with E-state index in [4.69, 9.17) is 11.6 Å². The smallest absolute Gasteiger partial charge is 0.0441 e. The molecule has 3 rings (SSSR count). The standard InChI is InChI=1S/C13H14ClN/c14-12-5-1-3-9-10(12)6-7-13-11(9)4-2-8-15-13/h1,3,5,11H,2,4,6-8H2. The lowest BCUT2D eigenvalue weighted by Gasteiger charge is -2.30. The molecule has 0 saturated carbocycles. The van der Waals surface area contributed by atoms with Gasteiger partial charge in [0.2, 0.25) is 0 Å². The van der Waals surface area contributed by atoms with Crippen molar-refractivity contribution in [2.24, 2.45) is 4.99 Å². The minimum atomic E-state index is 0.571. The van der Waals surface area contributed by atoms with Gasteiger partial charge >= 0.3 is 0 Å². The van der Waals surface area contributed by atoms with E-state index in [1.165, 1.54) is 29.7 Å². The van der Waals surface area contributed by atoms with Crippen LogP contribution in [-0.4, -0.2) is 12.3 Å². The Kier molecular flexibility index (Phi) is 2.28. The summed E-state index contributed by atoms with van der Waals surface area (Å²) >= 11 is 6.23. The van der Waals surface area contributed by atoms with Crippen molar-refractivity contribution in [3.8, 4) is 0 Å². The third kappa shape index (κ3) is 1.50. The number of hydrogen-bond donors (Lipinski definition) is 0. The first kappa shape index (κ1) is 9.41. The quantitative estimate of drug-likeness (QED) is 0.632. The highest BCUT2D eigenvalue weighted by Gasteiger charge is 2.28. The molecule has 0 N–H and O–H groups in total. The Balaban J connectivity index is 2.12. The minimum absolute atomic E-state index is 0.571. The fourth-order valence-electron chi connectivity index (χ4n) is 2.80. The first-order valence-corrected chi connectivity index (χ1v) is 6.04. The van der Waals surface area contributed by atoms with Crippen LogP contribution < -0.4 is 0 Å². The fraction of sp³-hybridized carbons (Fsp3) is 0.462. The molecule has 0 spiro atoms. The van der Waals surface area contributed by atoms with Gasteiger partial charge in [0.1, 0.15) is 0 Å². The van der Waals surface area contributed by atoms with Crippen molar-refractivity contribution in [2.75, 3.05) is 6.54 Å². The summed E-state index contributed by atoms with van der Waals surface area (Å²) in [5.41, 5.74) is 4.22. The monoisotopic (exact) mass is 219 g/mol. The Hall–Kier alpha value is -0.820. The number of rotatable bonds is 0. The van der Waals surface area contributed by atoms with Crippen LogP contribution >= 0.6 is 11.6 Å². The summed E-state index contributed by atoms with van der Waals surface area (Å²) in [6.45, 7) is 1.03. The van der Waals surface area contributed by atoms with Gasteiger partial charge in [-0.25, -0.2) is 0 Å². The first-order chi connectivity index (χ1) is 7.36. The van der Waals surface area contributed by atoms with E-state index in [0.717, 1.165) is 24.4 Å². The molecule has 0 aromatic heterocycles. The van der Waals surface area contributed by atoms with Crippen molar-refractivity contribution in [2.45, 2.75) is 31.6 Å². The molecule has 2 heteroatoms. The minimum Gasteiger partial charge on any atom is -0.293 e. The topological polar surface area (TPSA) is 12.4 Å². The summed E-state index contributed by atoms with van der Waals surface area (Å²) in [5, 5.41) is 0.942. The predicted molar refractivity (Wildman–Crippen MR) is 64.1 cm³/mol. The molecule has 1 aliphatic carbocycles. The molecule has 0 amide bonds. The largest absolute Gasteiger partial charge is 0.293 e. The summed E-state index contributed by atoms with van der Waals surface area (Å²) in [6, 6.07) is 6.30. The maximum Gasteiger partial charge on any atom is 0.0441 e. The van der Waals surface area contributed by atoms with E-state index < -0.39 is 0 Å². The second-order valence-electron chi connectivity index (χ2n) is 4.38. The normalized spacial score (nSPS) is 24.1. The van der Waals surface area contributed by atoms with Gasteiger partial charge in [0, 0.05) is 23.2 Å². The Morgan fingerprint density at radius 1 is 1.27 bits per heavy atom. The third-order valence-corrected chi connectivity index (χ3v) is 3.88. The molecule has 2 aliphatic rings. The average molecular weight is 220 g/mol. The Labute approximate surface area is 95.2 Å². The number of nitrogens with zero attached hydrogens (tertiary/aromatic N) is 1. The van der Waals surface area contributed by atoms with Crippen LogP contribution in [-0.2, 0) is 6.42 Å². The number of hydrogen-bond acceptors (Lipinski definition) is 1. The molecule has 15 heavy (non-hydrogen) atoms. The molecular weight excluding hydrogens is 206 g/mol. The molecule has 0 bridgehead atoms. The summed E-state index contributed by atoms with van der Waals surface area (Å²) in [5.74, 6) is 0.571. The van der Waals surface area contributed by atoms with Crippen LogP contribution in [0.25, 0.3) is 0 Å². The molecule has 0 saturated heterocycles. The van der Waals surface area contributed by atoms with Crippen LogP contribution in [0.1, 0.15) is 36.3 Å². The molecule has 1 heterocycles. The number of benzene rings is 1. The van der Waals surface area contributed by atoms with E-state index >= 15 is 0 Å². The van der Waals surface area contributed by atoms with Crippen molar-refractivity contribution in [1.29, 1.82) is 0 Å². The highest BCUT2D eigenvalue weighted by atomic mass is 35.5. The Morgan fingerprint density at radius 2 is 2.20 bits per heavy atom. The molecule has 1 aromatic rings. The third-order valence-electron chi connectivity index (χ3n) is 3.53. The Bertz CT molecular complexity index is 423. The SMILES string of the molecule is Clc1cccc2c1CCC1=NCCCC12. The van der Waals surface area contributed by atoms with Crippen molar-refractivity contribution in [3.63, 3.8) is 0 Å². The fourth-order valence-corrected chi connectivity index (χ4v) is 3.08. The van der Waals surface area contributed by atoms with Crippen LogP contribution in [0, 0.1) is 0 Å². The van der Waals surface area contributed by atoms with Crippen LogP contribution in [0.5, 0.6) is 0 Å². The van der Waals surface area contributed by atoms with Crippen LogP contribution in [0.3, 0.4) is 0 Å². The molecule has 0 radical (unpaired) electrons. The molecule has 1 aliphatic heterocycles. The van der Waals surface area contributed by atoms with Crippen LogP contribution in [0.4, 0.5) is 0 Å². The zero-order chi connectivity index (χ0) is 10.3. The van der Waals surface area contributed by atoms with E-state index in [1.54, 1.807) is 0 Å². The van der Waals surface area contributed by atoms with Crippen molar-refractivity contribution < 1.29 is 0 Å². The van der Waals surface area contributed by atoms with E-state index in [9.17, 15) is 0 Å². The lowest BCUT2D eigenvalue weighted by molar-refractivity contribution is 0.639. The predicted octanol–water partition coefficient (Wildman–Crippen LogP) is 3.60. The molecule has 1 unspecified atom stereocenters. The maximum absolute atomic E-state index is 6.23. The summed E-state index contributed by atoms with van der Waals surface area (Å²) in [7, 11) is 0. The van der Waals surface area contributed by atoms with Gasteiger partial charge in [0.25, 0.3) is 0 Å². The van der Waals surface area contributed by atoms with Crippen molar-refractivity contribution in [3.05, 3.63) is 34.3 Å². The average Bonchev–Trinajstić information content (AvgIpc) is 2.29. The molecule has 1 aromatic carbocycles. The molecular formula is C13H14ClN. The zero-order valence-electron chi connectivity index (χ0n) is 8.67. The van der Waals surface area contributed by atoms with Gasteiger partial charge in [0.05, 0.1) is 0 Å². The second-order valence-corrected chi connectivity index (χ2v) is 4.78. The Morgan fingerprint density at radius 3 is 3.13 bits per heavy atom. The van der Waals surface area contributed by atoms with Gasteiger partial charge in [-0.1, -0.05) is 23.7 Å². The van der Waals surface area contributed by atoms with Gasteiger partial charge in [-0.2, -0.15) is 0 Å². The van der Waals surface area contributed by atoms with E-state index in [1.807, 2.05) is 6.07 Å². The van der Waals surface area contributed by atoms with Gasteiger partial charge in [-0.15, -0.1) is 0 Å². The van der Waals surface area contributed by atoms with E-state index in [0.29, 0.717) is 5.92 Å². The van der Waals surface area contributed by atoms with Crippen molar-refractivity contribution >= 4 is 17.3 Å². The molecule has 0 fully saturated rings. The van der Waals surface area contributed by atoms with Crippen LogP contribution in [0.2, 0.25) is 5.02 Å². The molecule has 1 atom stereocenters. The first-order valence-electron chi connectivity index (χ1n) is 5.67. The highest BCUT2D eigenvalue weighted by molar-refractivity contribution is 6.31. The van der Waals surface area contributed by atoms with Gasteiger partial charge < -0.3 is 0 Å². The molecule has 78 valence electrons. The lowest BCUT2D eigenvalue weighted by Crippen LogP contribution is -2.24. The summed E-state index contributed by atoms with van der Waals surface area (Å²) < 4.78 is 0.